The summed E-state index contributed by atoms with van der Waals surface area (Å²) in [7, 11) is 1.96. The smallest absolute Gasteiger partial charge is 0.410 e. The number of nitrogens with zero attached hydrogens (tertiary/aromatic N) is 4. The number of ether oxygens (including phenoxy) is 1. The summed E-state index contributed by atoms with van der Waals surface area (Å²) in [6, 6.07) is -0.873. The van der Waals surface area contributed by atoms with Crippen LogP contribution in [0.1, 0.15) is 5.69 Å². The van der Waals surface area contributed by atoms with Crippen molar-refractivity contribution in [2.45, 2.75) is 17.8 Å². The molecule has 2 atom stereocenters. The van der Waals surface area contributed by atoms with Crippen LogP contribution in [0.5, 0.6) is 0 Å². The first-order valence-corrected chi connectivity index (χ1v) is 12.7. The number of rotatable bonds is 8. The zero-order chi connectivity index (χ0) is 25.1. The predicted octanol–water partition coefficient (Wildman–Crippen LogP) is -0.623. The zero-order valence-corrected chi connectivity index (χ0v) is 20.4. The Kier molecular flexibility index (Phi) is 7.57. The lowest BCUT2D eigenvalue weighted by atomic mass is 10.0. The third kappa shape index (κ3) is 5.41. The zero-order valence-electron chi connectivity index (χ0n) is 18.8. The molecule has 0 saturated carbocycles. The molecule has 2 saturated heterocycles. The monoisotopic (exact) mass is 524 g/mol. The van der Waals surface area contributed by atoms with E-state index in [1.807, 2.05) is 7.05 Å². The largest absolute Gasteiger partial charge is 0.477 e. The van der Waals surface area contributed by atoms with Crippen LogP contribution in [0, 0.1) is 0 Å². The van der Waals surface area contributed by atoms with Gasteiger partial charge in [-0.1, -0.05) is 0 Å². The maximum absolute atomic E-state index is 12.8. The fourth-order valence-corrected chi connectivity index (χ4v) is 5.91. The molecule has 0 bridgehead atoms. The van der Waals surface area contributed by atoms with E-state index in [0.717, 1.165) is 18.0 Å². The van der Waals surface area contributed by atoms with Crippen LogP contribution in [0.15, 0.2) is 16.7 Å². The minimum atomic E-state index is -1.29. The van der Waals surface area contributed by atoms with Gasteiger partial charge in [0.1, 0.15) is 23.7 Å². The van der Waals surface area contributed by atoms with Crippen LogP contribution in [0.25, 0.3) is 0 Å². The van der Waals surface area contributed by atoms with Gasteiger partial charge < -0.3 is 30.3 Å². The molecule has 4 amide bonds. The SMILES string of the molecule is CN1CCN(C(=O)OCC2=C(C(=O)O)N3C(=O)C(NC(=O)Cc4csc(NC=O)n4)[C@@H]3SC2)CC1. The number of aliphatic carboxylic acids is 1. The van der Waals surface area contributed by atoms with E-state index in [-0.39, 0.29) is 24.5 Å². The van der Waals surface area contributed by atoms with Gasteiger partial charge in [0.15, 0.2) is 5.13 Å². The van der Waals surface area contributed by atoms with E-state index in [9.17, 15) is 29.1 Å². The predicted molar refractivity (Wildman–Crippen MR) is 126 cm³/mol. The van der Waals surface area contributed by atoms with E-state index in [1.54, 1.807) is 10.3 Å². The molecule has 188 valence electrons. The van der Waals surface area contributed by atoms with Crippen molar-refractivity contribution in [3.8, 4) is 0 Å². The highest BCUT2D eigenvalue weighted by Crippen LogP contribution is 2.40. The summed E-state index contributed by atoms with van der Waals surface area (Å²) < 4.78 is 5.35. The van der Waals surface area contributed by atoms with Crippen molar-refractivity contribution < 1.29 is 33.8 Å². The van der Waals surface area contributed by atoms with E-state index < -0.39 is 35.3 Å². The molecule has 13 nitrogen and oxygen atoms in total. The van der Waals surface area contributed by atoms with E-state index >= 15 is 0 Å². The van der Waals surface area contributed by atoms with Gasteiger partial charge >= 0.3 is 12.1 Å². The molecule has 0 spiro atoms. The fraction of sp³-hybridized carbons (Fsp3) is 0.500. The standard InChI is InChI=1S/C20H24N6O7S2/c1-24-2-4-25(5-3-24)20(32)33-7-11-8-34-17-14(16(29)26(17)15(11)18(30)31)23-13(28)6-12-9-35-19(22-12)21-10-27/h9-10,14,17H,2-8H2,1H3,(H,23,28)(H,30,31)(H,21,22,27)/t14?,17-/m0/s1. The van der Waals surface area contributed by atoms with Gasteiger partial charge in [0.25, 0.3) is 5.91 Å². The Morgan fingerprint density at radius 3 is 2.71 bits per heavy atom. The number of hydrogen-bond acceptors (Lipinski definition) is 10. The van der Waals surface area contributed by atoms with Crippen molar-refractivity contribution >= 4 is 58.5 Å². The number of amides is 4. The Morgan fingerprint density at radius 1 is 1.29 bits per heavy atom. The number of hydrogen-bond donors (Lipinski definition) is 3. The third-order valence-electron chi connectivity index (χ3n) is 5.77. The molecule has 15 heteroatoms. The van der Waals surface area contributed by atoms with Crippen LogP contribution in [-0.2, 0) is 30.3 Å². The van der Waals surface area contributed by atoms with Gasteiger partial charge in [-0.15, -0.1) is 23.1 Å². The van der Waals surface area contributed by atoms with Crippen LogP contribution in [-0.4, -0.2) is 112 Å². The molecule has 3 aliphatic rings. The normalized spacial score (nSPS) is 22.3. The summed E-state index contributed by atoms with van der Waals surface area (Å²) in [5, 5.41) is 16.2. The molecule has 3 aliphatic heterocycles. The molecule has 0 aromatic carbocycles. The van der Waals surface area contributed by atoms with Crippen molar-refractivity contribution in [3.05, 3.63) is 22.3 Å². The van der Waals surface area contributed by atoms with Crippen molar-refractivity contribution in [2.24, 2.45) is 0 Å². The lowest BCUT2D eigenvalue weighted by molar-refractivity contribution is -0.150. The number of nitrogens with one attached hydrogen (secondary N) is 2. The van der Waals surface area contributed by atoms with Gasteiger partial charge in [-0.3, -0.25) is 19.3 Å². The van der Waals surface area contributed by atoms with Gasteiger partial charge in [0.2, 0.25) is 12.3 Å². The molecule has 0 radical (unpaired) electrons. The van der Waals surface area contributed by atoms with Crippen LogP contribution < -0.4 is 10.6 Å². The number of carboxylic acids is 1. The molecule has 1 unspecified atom stereocenters. The number of β-lactam (4-membered cyclic amide) rings is 1. The summed E-state index contributed by atoms with van der Waals surface area (Å²) in [5.74, 6) is -2.04. The molecule has 1 aromatic heterocycles. The number of anilines is 1. The lowest BCUT2D eigenvalue weighted by Crippen LogP contribution is -2.70. The Balaban J connectivity index is 1.35. The number of aromatic nitrogens is 1. The van der Waals surface area contributed by atoms with Crippen molar-refractivity contribution in [2.75, 3.05) is 50.9 Å². The average Bonchev–Trinajstić information content (AvgIpc) is 3.27. The van der Waals surface area contributed by atoms with Crippen molar-refractivity contribution in [3.63, 3.8) is 0 Å². The molecule has 0 aliphatic carbocycles. The summed E-state index contributed by atoms with van der Waals surface area (Å²) in [4.78, 5) is 68.9. The van der Waals surface area contributed by atoms with Gasteiger partial charge in [-0.05, 0) is 7.05 Å². The third-order valence-corrected chi connectivity index (χ3v) is 7.94. The average molecular weight is 525 g/mol. The van der Waals surface area contributed by atoms with E-state index in [0.29, 0.717) is 35.9 Å². The van der Waals surface area contributed by atoms with E-state index in [1.165, 1.54) is 23.1 Å². The number of carboxylic acid groups (broad SMARTS) is 1. The minimum Gasteiger partial charge on any atom is -0.477 e. The summed E-state index contributed by atoms with van der Waals surface area (Å²) >= 11 is 2.46. The first kappa shape index (κ1) is 24.9. The Bertz CT molecular complexity index is 1070. The lowest BCUT2D eigenvalue weighted by Gasteiger charge is -2.49. The van der Waals surface area contributed by atoms with Crippen LogP contribution in [0.4, 0.5) is 9.93 Å². The van der Waals surface area contributed by atoms with Crippen LogP contribution in [0.2, 0.25) is 0 Å². The number of thiazole rings is 1. The van der Waals surface area contributed by atoms with Gasteiger partial charge in [0.05, 0.1) is 12.1 Å². The highest BCUT2D eigenvalue weighted by Gasteiger charge is 2.54. The summed E-state index contributed by atoms with van der Waals surface area (Å²) in [6.45, 7) is 2.28. The molecule has 3 N–H and O–H groups in total. The number of fused-ring (bicyclic) bond motifs is 1. The molecule has 35 heavy (non-hydrogen) atoms. The fourth-order valence-electron chi connectivity index (χ4n) is 3.92. The van der Waals surface area contributed by atoms with Crippen LogP contribution >= 0.6 is 23.1 Å². The second-order valence-electron chi connectivity index (χ2n) is 8.14. The quantitative estimate of drug-likeness (QED) is 0.295. The minimum absolute atomic E-state index is 0.0900. The molecular weight excluding hydrogens is 500 g/mol. The van der Waals surface area contributed by atoms with Gasteiger partial charge in [-0.2, -0.15) is 0 Å². The molecule has 2 fully saturated rings. The van der Waals surface area contributed by atoms with Crippen LogP contribution in [0.3, 0.4) is 0 Å². The number of likely N-dealkylation sites (N-methyl/N-ethyl adjacent to an activating group) is 1. The maximum Gasteiger partial charge on any atom is 0.410 e. The first-order chi connectivity index (χ1) is 16.8. The van der Waals surface area contributed by atoms with Crippen molar-refractivity contribution in [1.29, 1.82) is 0 Å². The highest BCUT2D eigenvalue weighted by molar-refractivity contribution is 8.00. The Hall–Kier alpha value is -3.17. The topological polar surface area (TPSA) is 161 Å². The second-order valence-corrected chi connectivity index (χ2v) is 10.1. The van der Waals surface area contributed by atoms with Gasteiger partial charge in [-0.25, -0.2) is 14.6 Å². The maximum atomic E-state index is 12.8. The van der Waals surface area contributed by atoms with E-state index in [2.05, 4.69) is 20.5 Å². The highest BCUT2D eigenvalue weighted by atomic mass is 32.2. The molecule has 1 aromatic rings. The summed E-state index contributed by atoms with van der Waals surface area (Å²) in [5.41, 5.74) is 0.559. The molecular formula is C20H24N6O7S2. The molecule has 4 heterocycles. The second kappa shape index (κ2) is 10.6. The first-order valence-electron chi connectivity index (χ1n) is 10.7. The number of carbonyl (C=O) groups excluding carboxylic acids is 4. The Morgan fingerprint density at radius 2 is 2.03 bits per heavy atom. The number of piperazine rings is 1. The molecule has 4 rings (SSSR count). The van der Waals surface area contributed by atoms with Gasteiger partial charge in [0, 0.05) is 42.9 Å². The Labute approximate surface area is 208 Å². The summed E-state index contributed by atoms with van der Waals surface area (Å²) in [6.07, 6.45) is -0.122. The number of thioether (sulfide) groups is 1. The van der Waals surface area contributed by atoms with E-state index in [4.69, 9.17) is 4.74 Å². The van der Waals surface area contributed by atoms with Crippen molar-refractivity contribution in [1.82, 2.24) is 25.0 Å². The number of carbonyl (C=O) groups is 5.